The number of halogens is 4. The summed E-state index contributed by atoms with van der Waals surface area (Å²) in [5, 5.41) is 4.29. The van der Waals surface area contributed by atoms with Gasteiger partial charge < -0.3 is 15.0 Å². The van der Waals surface area contributed by atoms with Gasteiger partial charge in [0, 0.05) is 18.7 Å². The number of ketones is 1. The first kappa shape index (κ1) is 24.6. The number of alkyl halides is 3. The average Bonchev–Trinajstić information content (AvgIpc) is 3.18. The zero-order valence-corrected chi connectivity index (χ0v) is 18.4. The van der Waals surface area contributed by atoms with Crippen molar-refractivity contribution in [3.63, 3.8) is 0 Å². The van der Waals surface area contributed by atoms with Crippen molar-refractivity contribution in [3.05, 3.63) is 46.2 Å². The Morgan fingerprint density at radius 2 is 1.70 bits per heavy atom. The van der Waals surface area contributed by atoms with Crippen LogP contribution in [0.1, 0.15) is 34.8 Å². The van der Waals surface area contributed by atoms with Crippen LogP contribution in [0.15, 0.2) is 24.3 Å². The first-order chi connectivity index (χ1) is 15.4. The zero-order valence-electron chi connectivity index (χ0n) is 17.6. The molecule has 33 heavy (non-hydrogen) atoms. The Hall–Kier alpha value is -3.06. The highest BCUT2D eigenvalue weighted by atomic mass is 32.1. The predicted octanol–water partition coefficient (Wildman–Crippen LogP) is 3.29. The summed E-state index contributed by atoms with van der Waals surface area (Å²) in [6, 6.07) is 3.48. The smallest absolute Gasteiger partial charge is 0.378 e. The van der Waals surface area contributed by atoms with Crippen LogP contribution in [0.3, 0.4) is 0 Å². The van der Waals surface area contributed by atoms with E-state index in [2.05, 4.69) is 15.6 Å². The van der Waals surface area contributed by atoms with Crippen molar-refractivity contribution in [1.29, 1.82) is 0 Å². The molecule has 1 aromatic heterocycles. The van der Waals surface area contributed by atoms with E-state index >= 15 is 0 Å². The van der Waals surface area contributed by atoms with E-state index in [-0.39, 0.29) is 5.56 Å². The molecule has 0 bridgehead atoms. The van der Waals surface area contributed by atoms with Crippen molar-refractivity contribution < 1.29 is 36.7 Å². The lowest BCUT2D eigenvalue weighted by Crippen LogP contribution is -2.57. The topological polar surface area (TPSA) is 101 Å². The highest BCUT2D eigenvalue weighted by molar-refractivity contribution is 7.18. The zero-order chi connectivity index (χ0) is 24.4. The molecule has 2 heterocycles. The summed E-state index contributed by atoms with van der Waals surface area (Å²) in [6.45, 7) is 4.13. The van der Waals surface area contributed by atoms with Crippen molar-refractivity contribution in [2.24, 2.45) is 0 Å². The number of thiazole rings is 1. The number of nitrogens with one attached hydrogen (secondary N) is 2. The molecule has 2 N–H and O–H groups in total. The van der Waals surface area contributed by atoms with Crippen molar-refractivity contribution in [2.75, 3.05) is 31.6 Å². The van der Waals surface area contributed by atoms with Gasteiger partial charge in [0.15, 0.2) is 10.8 Å². The van der Waals surface area contributed by atoms with E-state index in [1.54, 1.807) is 0 Å². The lowest BCUT2D eigenvalue weighted by atomic mass is 10.1. The summed E-state index contributed by atoms with van der Waals surface area (Å²) in [5.41, 5.74) is -3.13. The molecule has 3 amide bonds. The molecule has 13 heteroatoms. The van der Waals surface area contributed by atoms with Gasteiger partial charge in [-0.25, -0.2) is 14.2 Å². The van der Waals surface area contributed by atoms with Crippen LogP contribution >= 0.6 is 11.3 Å². The van der Waals surface area contributed by atoms with E-state index in [4.69, 9.17) is 4.74 Å². The van der Waals surface area contributed by atoms with Crippen molar-refractivity contribution in [3.8, 4) is 0 Å². The molecular formula is C20H20F4N4O4S. The van der Waals surface area contributed by atoms with Crippen LogP contribution in [-0.4, -0.2) is 59.4 Å². The number of benzene rings is 1. The summed E-state index contributed by atoms with van der Waals surface area (Å²) in [6.07, 6.45) is -4.97. The van der Waals surface area contributed by atoms with Gasteiger partial charge in [0.05, 0.1) is 13.2 Å². The van der Waals surface area contributed by atoms with Crippen LogP contribution in [0, 0.1) is 5.82 Å². The Balaban J connectivity index is 1.79. The molecule has 1 saturated heterocycles. The molecule has 1 aliphatic rings. The van der Waals surface area contributed by atoms with Crippen LogP contribution in [0.4, 0.5) is 27.5 Å². The Bertz CT molecular complexity index is 1050. The molecular weight excluding hydrogens is 468 g/mol. The van der Waals surface area contributed by atoms with Gasteiger partial charge in [-0.2, -0.15) is 13.2 Å². The molecule has 0 saturated carbocycles. The number of nitrogens with zero attached hydrogens (tertiary/aromatic N) is 2. The maximum atomic E-state index is 13.5. The SMILES string of the molecule is CC(C)(NC(=O)N1CCOCC1)C(=O)Nc1nc(C(F)(F)F)c(C(=O)c2ccc(F)cc2)s1. The van der Waals surface area contributed by atoms with Gasteiger partial charge in [-0.05, 0) is 38.1 Å². The van der Waals surface area contributed by atoms with Gasteiger partial charge in [-0.15, -0.1) is 0 Å². The third kappa shape index (κ3) is 5.85. The van der Waals surface area contributed by atoms with E-state index in [1.807, 2.05) is 0 Å². The second-order valence-electron chi connectivity index (χ2n) is 7.64. The fourth-order valence-electron chi connectivity index (χ4n) is 2.87. The number of ether oxygens (including phenoxy) is 1. The van der Waals surface area contributed by atoms with Gasteiger partial charge in [0.1, 0.15) is 16.2 Å². The third-order valence-electron chi connectivity index (χ3n) is 4.71. The second-order valence-corrected chi connectivity index (χ2v) is 8.64. The van der Waals surface area contributed by atoms with Gasteiger partial charge in [0.2, 0.25) is 5.78 Å². The number of carbonyl (C=O) groups excluding carboxylic acids is 3. The average molecular weight is 488 g/mol. The minimum Gasteiger partial charge on any atom is -0.378 e. The molecule has 2 aromatic rings. The number of urea groups is 1. The number of morpholine rings is 1. The maximum Gasteiger partial charge on any atom is 0.435 e. The molecule has 3 rings (SSSR count). The number of hydrogen-bond donors (Lipinski definition) is 2. The standard InChI is InChI=1S/C20H20F4N4O4S/c1-19(2,27-18(31)28-7-9-32-10-8-28)16(30)26-17-25-15(20(22,23)24)14(33-17)13(29)11-3-5-12(21)6-4-11/h3-6H,7-10H2,1-2H3,(H,27,31)(H,25,26,30). The quantitative estimate of drug-likeness (QED) is 0.497. The number of rotatable bonds is 5. The van der Waals surface area contributed by atoms with Crippen LogP contribution in [0.5, 0.6) is 0 Å². The minimum atomic E-state index is -4.97. The normalized spacial score (nSPS) is 14.7. The highest BCUT2D eigenvalue weighted by Crippen LogP contribution is 2.37. The number of hydrogen-bond acceptors (Lipinski definition) is 6. The molecule has 8 nitrogen and oxygen atoms in total. The summed E-state index contributed by atoms with van der Waals surface area (Å²) in [5.74, 6) is -2.49. The number of carbonyl (C=O) groups is 3. The van der Waals surface area contributed by atoms with Crippen LogP contribution < -0.4 is 10.6 Å². The Morgan fingerprint density at radius 3 is 2.27 bits per heavy atom. The summed E-state index contributed by atoms with van der Waals surface area (Å²) in [4.78, 5) is 41.8. The van der Waals surface area contributed by atoms with E-state index in [1.165, 1.54) is 18.7 Å². The van der Waals surface area contributed by atoms with Crippen molar-refractivity contribution in [2.45, 2.75) is 25.6 Å². The molecule has 1 fully saturated rings. The van der Waals surface area contributed by atoms with E-state index in [0.717, 1.165) is 24.3 Å². The van der Waals surface area contributed by atoms with Crippen LogP contribution in [0.25, 0.3) is 0 Å². The number of aromatic nitrogens is 1. The van der Waals surface area contributed by atoms with Crippen molar-refractivity contribution in [1.82, 2.24) is 15.2 Å². The van der Waals surface area contributed by atoms with Crippen LogP contribution in [-0.2, 0) is 15.7 Å². The lowest BCUT2D eigenvalue weighted by molar-refractivity contribution is -0.141. The molecule has 0 spiro atoms. The Labute approximate surface area is 189 Å². The maximum absolute atomic E-state index is 13.5. The lowest BCUT2D eigenvalue weighted by Gasteiger charge is -2.31. The van der Waals surface area contributed by atoms with Gasteiger partial charge in [0.25, 0.3) is 5.91 Å². The second kappa shape index (κ2) is 9.43. The van der Waals surface area contributed by atoms with Gasteiger partial charge in [-0.1, -0.05) is 11.3 Å². The van der Waals surface area contributed by atoms with E-state index in [9.17, 15) is 31.9 Å². The largest absolute Gasteiger partial charge is 0.435 e. The van der Waals surface area contributed by atoms with Crippen molar-refractivity contribution >= 4 is 34.2 Å². The Morgan fingerprint density at radius 1 is 1.09 bits per heavy atom. The Kier molecular flexibility index (Phi) is 7.03. The summed E-state index contributed by atoms with van der Waals surface area (Å²) in [7, 11) is 0. The minimum absolute atomic E-state index is 0.165. The molecule has 1 aliphatic heterocycles. The van der Waals surface area contributed by atoms with Gasteiger partial charge >= 0.3 is 12.2 Å². The third-order valence-corrected chi connectivity index (χ3v) is 5.68. The monoisotopic (exact) mass is 488 g/mol. The first-order valence-electron chi connectivity index (χ1n) is 9.73. The summed E-state index contributed by atoms with van der Waals surface area (Å²) >= 11 is 0.339. The number of amides is 3. The molecule has 0 radical (unpaired) electrons. The molecule has 0 unspecified atom stereocenters. The molecule has 0 atom stereocenters. The van der Waals surface area contributed by atoms with E-state index < -0.39 is 51.0 Å². The predicted molar refractivity (Wildman–Crippen MR) is 111 cm³/mol. The summed E-state index contributed by atoms with van der Waals surface area (Å²) < 4.78 is 58.8. The number of anilines is 1. The van der Waals surface area contributed by atoms with Gasteiger partial charge in [-0.3, -0.25) is 14.9 Å². The fraction of sp³-hybridized carbons (Fsp3) is 0.400. The van der Waals surface area contributed by atoms with E-state index in [0.29, 0.717) is 37.6 Å². The fourth-order valence-corrected chi connectivity index (χ4v) is 3.82. The molecule has 178 valence electrons. The van der Waals surface area contributed by atoms with Crippen LogP contribution in [0.2, 0.25) is 0 Å². The highest BCUT2D eigenvalue weighted by Gasteiger charge is 2.41. The molecule has 0 aliphatic carbocycles. The molecule has 1 aromatic carbocycles. The first-order valence-corrected chi connectivity index (χ1v) is 10.5.